The zero-order chi connectivity index (χ0) is 11.7. The molecule has 1 aromatic carbocycles. The van der Waals surface area contributed by atoms with Crippen LogP contribution in [0.1, 0.15) is 18.7 Å². The maximum absolute atomic E-state index is 5.77. The molecule has 0 aliphatic heterocycles. The molecule has 4 nitrogen and oxygen atoms in total. The van der Waals surface area contributed by atoms with Crippen LogP contribution in [0.2, 0.25) is 0 Å². The summed E-state index contributed by atoms with van der Waals surface area (Å²) in [6.07, 6.45) is 1.54. The van der Waals surface area contributed by atoms with E-state index in [2.05, 4.69) is 14.7 Å². The van der Waals surface area contributed by atoms with Crippen molar-refractivity contribution in [3.05, 3.63) is 42.4 Å². The van der Waals surface area contributed by atoms with E-state index in [0.717, 1.165) is 21.9 Å². The van der Waals surface area contributed by atoms with E-state index >= 15 is 0 Å². The standard InChI is InChI=1S/C12H11N3OS/c1-8(15-12-13-7-14-17-12)11-6-9-4-2-3-5-10(9)16-11/h2-8H,1H3,(H,13,14,15)/t8-/m1/s1. The molecule has 1 atom stereocenters. The summed E-state index contributed by atoms with van der Waals surface area (Å²) in [6, 6.07) is 10.1. The molecule has 0 amide bonds. The molecule has 0 unspecified atom stereocenters. The van der Waals surface area contributed by atoms with E-state index in [1.165, 1.54) is 11.5 Å². The highest BCUT2D eigenvalue weighted by Gasteiger charge is 2.12. The Labute approximate surface area is 102 Å². The minimum atomic E-state index is 0.0790. The lowest BCUT2D eigenvalue weighted by Gasteiger charge is -2.08. The molecule has 86 valence electrons. The Morgan fingerprint density at radius 1 is 1.35 bits per heavy atom. The van der Waals surface area contributed by atoms with E-state index in [-0.39, 0.29) is 6.04 Å². The normalized spacial score (nSPS) is 12.8. The van der Waals surface area contributed by atoms with Gasteiger partial charge in [0, 0.05) is 16.9 Å². The van der Waals surface area contributed by atoms with Gasteiger partial charge in [-0.1, -0.05) is 18.2 Å². The third kappa shape index (κ3) is 2.01. The molecule has 5 heteroatoms. The quantitative estimate of drug-likeness (QED) is 0.767. The van der Waals surface area contributed by atoms with Gasteiger partial charge in [-0.05, 0) is 19.1 Å². The molecular formula is C12H11N3OS. The lowest BCUT2D eigenvalue weighted by atomic mass is 10.2. The molecule has 0 fully saturated rings. The van der Waals surface area contributed by atoms with Gasteiger partial charge in [-0.15, -0.1) is 0 Å². The van der Waals surface area contributed by atoms with E-state index in [4.69, 9.17) is 4.42 Å². The number of hydrogen-bond acceptors (Lipinski definition) is 5. The number of fused-ring (bicyclic) bond motifs is 1. The Kier molecular flexibility index (Phi) is 2.53. The van der Waals surface area contributed by atoms with Crippen LogP contribution in [0.15, 0.2) is 41.1 Å². The van der Waals surface area contributed by atoms with Gasteiger partial charge >= 0.3 is 0 Å². The van der Waals surface area contributed by atoms with Crippen LogP contribution in [0, 0.1) is 0 Å². The number of nitrogens with zero attached hydrogens (tertiary/aromatic N) is 2. The Balaban J connectivity index is 1.88. The summed E-state index contributed by atoms with van der Waals surface area (Å²) in [7, 11) is 0. The summed E-state index contributed by atoms with van der Waals surface area (Å²) in [4.78, 5) is 4.09. The van der Waals surface area contributed by atoms with Gasteiger partial charge in [0.05, 0.1) is 6.04 Å². The van der Waals surface area contributed by atoms with Crippen molar-refractivity contribution in [1.29, 1.82) is 0 Å². The van der Waals surface area contributed by atoms with Gasteiger partial charge in [0.25, 0.3) is 0 Å². The Morgan fingerprint density at radius 2 is 2.24 bits per heavy atom. The fourth-order valence-electron chi connectivity index (χ4n) is 1.71. The molecule has 0 saturated carbocycles. The molecular weight excluding hydrogens is 234 g/mol. The molecule has 0 saturated heterocycles. The molecule has 1 N–H and O–H groups in total. The fraction of sp³-hybridized carbons (Fsp3) is 0.167. The van der Waals surface area contributed by atoms with Crippen LogP contribution in [0.4, 0.5) is 5.13 Å². The van der Waals surface area contributed by atoms with Crippen molar-refractivity contribution >= 4 is 27.6 Å². The van der Waals surface area contributed by atoms with Crippen LogP contribution >= 0.6 is 11.5 Å². The highest BCUT2D eigenvalue weighted by molar-refractivity contribution is 7.09. The zero-order valence-corrected chi connectivity index (χ0v) is 10.1. The molecule has 3 aromatic rings. The predicted molar refractivity (Wildman–Crippen MR) is 68.2 cm³/mol. The first-order valence-corrected chi connectivity index (χ1v) is 6.12. The Hall–Kier alpha value is -1.88. The number of anilines is 1. The number of nitrogens with one attached hydrogen (secondary N) is 1. The molecule has 17 heavy (non-hydrogen) atoms. The molecule has 2 heterocycles. The first-order valence-electron chi connectivity index (χ1n) is 5.34. The lowest BCUT2D eigenvalue weighted by Crippen LogP contribution is -2.04. The average Bonchev–Trinajstić information content (AvgIpc) is 2.96. The maximum Gasteiger partial charge on any atom is 0.202 e. The second-order valence-corrected chi connectivity index (χ2v) is 4.58. The van der Waals surface area contributed by atoms with Gasteiger partial charge < -0.3 is 9.73 Å². The highest BCUT2D eigenvalue weighted by Crippen LogP contribution is 2.26. The van der Waals surface area contributed by atoms with Crippen molar-refractivity contribution in [1.82, 2.24) is 9.36 Å². The SMILES string of the molecule is C[C@@H](Nc1ncns1)c1cc2ccccc2o1. The fourth-order valence-corrected chi connectivity index (χ4v) is 2.23. The summed E-state index contributed by atoms with van der Waals surface area (Å²) in [5.41, 5.74) is 0.911. The second-order valence-electron chi connectivity index (χ2n) is 3.80. The number of furan rings is 1. The smallest absolute Gasteiger partial charge is 0.202 e. The largest absolute Gasteiger partial charge is 0.459 e. The van der Waals surface area contributed by atoms with E-state index in [9.17, 15) is 0 Å². The van der Waals surface area contributed by atoms with Crippen LogP contribution in [-0.2, 0) is 0 Å². The number of hydrogen-bond donors (Lipinski definition) is 1. The van der Waals surface area contributed by atoms with Gasteiger partial charge in [-0.3, -0.25) is 0 Å². The summed E-state index contributed by atoms with van der Waals surface area (Å²) in [5, 5.41) is 5.17. The average molecular weight is 245 g/mol. The minimum absolute atomic E-state index is 0.0790. The predicted octanol–water partition coefficient (Wildman–Crippen LogP) is 3.46. The van der Waals surface area contributed by atoms with E-state index < -0.39 is 0 Å². The van der Waals surface area contributed by atoms with Gasteiger partial charge in [-0.25, -0.2) is 4.98 Å². The van der Waals surface area contributed by atoms with Crippen LogP contribution in [0.3, 0.4) is 0 Å². The maximum atomic E-state index is 5.77. The van der Waals surface area contributed by atoms with Crippen molar-refractivity contribution < 1.29 is 4.42 Å². The van der Waals surface area contributed by atoms with Crippen molar-refractivity contribution in [3.63, 3.8) is 0 Å². The Morgan fingerprint density at radius 3 is 3.00 bits per heavy atom. The monoisotopic (exact) mass is 245 g/mol. The van der Waals surface area contributed by atoms with Gasteiger partial charge in [0.15, 0.2) is 0 Å². The highest BCUT2D eigenvalue weighted by atomic mass is 32.1. The zero-order valence-electron chi connectivity index (χ0n) is 9.25. The molecule has 0 spiro atoms. The van der Waals surface area contributed by atoms with Crippen LogP contribution < -0.4 is 5.32 Å². The summed E-state index contributed by atoms with van der Waals surface area (Å²) >= 11 is 1.34. The lowest BCUT2D eigenvalue weighted by molar-refractivity contribution is 0.526. The molecule has 2 aromatic heterocycles. The van der Waals surface area contributed by atoms with Crippen molar-refractivity contribution in [2.24, 2.45) is 0 Å². The summed E-state index contributed by atoms with van der Waals surface area (Å²) in [5.74, 6) is 0.904. The number of benzene rings is 1. The summed E-state index contributed by atoms with van der Waals surface area (Å²) < 4.78 is 9.72. The Bertz CT molecular complexity index is 585. The molecule has 3 rings (SSSR count). The van der Waals surface area contributed by atoms with Gasteiger partial charge in [-0.2, -0.15) is 4.37 Å². The van der Waals surface area contributed by atoms with Crippen LogP contribution in [0.5, 0.6) is 0 Å². The third-order valence-corrected chi connectivity index (χ3v) is 3.17. The van der Waals surface area contributed by atoms with E-state index in [0.29, 0.717) is 0 Å². The van der Waals surface area contributed by atoms with Gasteiger partial charge in [0.2, 0.25) is 5.13 Å². The molecule has 0 radical (unpaired) electrons. The van der Waals surface area contributed by atoms with Crippen LogP contribution in [-0.4, -0.2) is 9.36 Å². The number of para-hydroxylation sites is 1. The number of aromatic nitrogens is 2. The van der Waals surface area contributed by atoms with Crippen LogP contribution in [0.25, 0.3) is 11.0 Å². The second kappa shape index (κ2) is 4.18. The van der Waals surface area contributed by atoms with Crippen molar-refractivity contribution in [2.45, 2.75) is 13.0 Å². The van der Waals surface area contributed by atoms with Crippen molar-refractivity contribution in [2.75, 3.05) is 5.32 Å². The third-order valence-electron chi connectivity index (χ3n) is 2.57. The van der Waals surface area contributed by atoms with E-state index in [1.54, 1.807) is 6.33 Å². The molecule has 0 aliphatic rings. The molecule has 0 aliphatic carbocycles. The van der Waals surface area contributed by atoms with Gasteiger partial charge in [0.1, 0.15) is 17.7 Å². The first kappa shape index (κ1) is 10.3. The number of rotatable bonds is 3. The summed E-state index contributed by atoms with van der Waals surface area (Å²) in [6.45, 7) is 2.04. The van der Waals surface area contributed by atoms with E-state index in [1.807, 2.05) is 37.3 Å². The van der Waals surface area contributed by atoms with Crippen molar-refractivity contribution in [3.8, 4) is 0 Å². The minimum Gasteiger partial charge on any atom is -0.459 e. The first-order chi connectivity index (χ1) is 8.33. The topological polar surface area (TPSA) is 51.0 Å². The molecule has 0 bridgehead atoms.